The largest absolute Gasteiger partial charge is 0.377 e. The Morgan fingerprint density at radius 2 is 2.21 bits per heavy atom. The highest BCUT2D eigenvalue weighted by molar-refractivity contribution is 5.79. The number of aromatic nitrogens is 1. The maximum atomic E-state index is 5.35. The topological polar surface area (TPSA) is 58.5 Å². The van der Waals surface area contributed by atoms with E-state index in [1.165, 1.54) is 5.56 Å². The quantitative estimate of drug-likeness (QED) is 0.599. The van der Waals surface area contributed by atoms with Crippen LogP contribution in [0.1, 0.15) is 19.4 Å². The van der Waals surface area contributed by atoms with Crippen LogP contribution in [0.5, 0.6) is 0 Å². The Morgan fingerprint density at radius 3 is 2.79 bits per heavy atom. The fourth-order valence-electron chi connectivity index (χ4n) is 1.46. The summed E-state index contributed by atoms with van der Waals surface area (Å²) in [7, 11) is 3.47. The first-order valence-electron chi connectivity index (χ1n) is 6.46. The van der Waals surface area contributed by atoms with Gasteiger partial charge in [-0.3, -0.25) is 9.98 Å². The van der Waals surface area contributed by atoms with Crippen molar-refractivity contribution < 1.29 is 4.74 Å². The highest BCUT2D eigenvalue weighted by Crippen LogP contribution is 2.04. The van der Waals surface area contributed by atoms with Gasteiger partial charge < -0.3 is 15.4 Å². The van der Waals surface area contributed by atoms with Crippen LogP contribution >= 0.6 is 0 Å². The molecule has 1 aromatic rings. The number of ether oxygens (including phenoxy) is 1. The summed E-state index contributed by atoms with van der Waals surface area (Å²) < 4.78 is 5.35. The molecule has 0 aliphatic carbocycles. The molecule has 5 heteroatoms. The lowest BCUT2D eigenvalue weighted by Gasteiger charge is -2.24. The third-order valence-corrected chi connectivity index (χ3v) is 2.89. The molecule has 2 N–H and O–H groups in total. The fraction of sp³-hybridized carbons (Fsp3) is 0.571. The molecule has 0 unspecified atom stereocenters. The number of pyridine rings is 1. The van der Waals surface area contributed by atoms with Crippen molar-refractivity contribution in [1.29, 1.82) is 0 Å². The summed E-state index contributed by atoms with van der Waals surface area (Å²) in [5.41, 5.74) is 1.00. The SMILES string of the molecule is CN=C(NCCc1cccnc1)NCC(C)(C)OC. The monoisotopic (exact) mass is 264 g/mol. The van der Waals surface area contributed by atoms with Crippen molar-refractivity contribution in [3.05, 3.63) is 30.1 Å². The van der Waals surface area contributed by atoms with Gasteiger partial charge in [0.1, 0.15) is 0 Å². The van der Waals surface area contributed by atoms with Crippen molar-refractivity contribution in [2.45, 2.75) is 25.9 Å². The molecular formula is C14H24N4O. The number of methoxy groups -OCH3 is 1. The van der Waals surface area contributed by atoms with E-state index in [0.29, 0.717) is 6.54 Å². The minimum Gasteiger partial charge on any atom is -0.377 e. The lowest BCUT2D eigenvalue weighted by molar-refractivity contribution is 0.0268. The second kappa shape index (κ2) is 7.74. The molecule has 19 heavy (non-hydrogen) atoms. The molecule has 0 aliphatic heterocycles. The van der Waals surface area contributed by atoms with Crippen LogP contribution < -0.4 is 10.6 Å². The second-order valence-corrected chi connectivity index (χ2v) is 4.93. The Balaban J connectivity index is 2.30. The number of nitrogens with zero attached hydrogens (tertiary/aromatic N) is 2. The fourth-order valence-corrected chi connectivity index (χ4v) is 1.46. The minimum absolute atomic E-state index is 0.207. The number of rotatable bonds is 6. The summed E-state index contributed by atoms with van der Waals surface area (Å²) in [5.74, 6) is 0.786. The van der Waals surface area contributed by atoms with Gasteiger partial charge in [0.25, 0.3) is 0 Å². The molecule has 106 valence electrons. The summed E-state index contributed by atoms with van der Waals surface area (Å²) in [4.78, 5) is 8.27. The molecule has 0 saturated heterocycles. The van der Waals surface area contributed by atoms with Crippen LogP contribution in [-0.4, -0.2) is 43.8 Å². The lowest BCUT2D eigenvalue weighted by Crippen LogP contribution is -2.45. The first-order valence-corrected chi connectivity index (χ1v) is 6.46. The number of guanidine groups is 1. The van der Waals surface area contributed by atoms with Gasteiger partial charge in [0.05, 0.1) is 5.60 Å². The van der Waals surface area contributed by atoms with Crippen molar-refractivity contribution in [2.24, 2.45) is 4.99 Å². The maximum absolute atomic E-state index is 5.35. The Bertz CT molecular complexity index is 390. The smallest absolute Gasteiger partial charge is 0.191 e. The molecule has 0 radical (unpaired) electrons. The predicted molar refractivity (Wildman–Crippen MR) is 78.4 cm³/mol. The van der Waals surface area contributed by atoms with Crippen molar-refractivity contribution in [1.82, 2.24) is 15.6 Å². The molecule has 1 rings (SSSR count). The van der Waals surface area contributed by atoms with Gasteiger partial charge in [0.2, 0.25) is 0 Å². The van der Waals surface area contributed by atoms with Gasteiger partial charge in [-0.15, -0.1) is 0 Å². The Hall–Kier alpha value is -1.62. The van der Waals surface area contributed by atoms with E-state index in [1.54, 1.807) is 20.4 Å². The van der Waals surface area contributed by atoms with Crippen LogP contribution in [-0.2, 0) is 11.2 Å². The molecule has 0 atom stereocenters. The van der Waals surface area contributed by atoms with E-state index in [0.717, 1.165) is 18.9 Å². The summed E-state index contributed by atoms with van der Waals surface area (Å²) in [6.45, 7) is 5.58. The molecule has 0 bridgehead atoms. The molecule has 5 nitrogen and oxygen atoms in total. The average molecular weight is 264 g/mol. The Kier molecular flexibility index (Phi) is 6.29. The van der Waals surface area contributed by atoms with E-state index in [-0.39, 0.29) is 5.60 Å². The number of hydrogen-bond acceptors (Lipinski definition) is 3. The Morgan fingerprint density at radius 1 is 1.42 bits per heavy atom. The van der Waals surface area contributed by atoms with Crippen LogP contribution in [0.25, 0.3) is 0 Å². The normalized spacial score (nSPS) is 12.3. The van der Waals surface area contributed by atoms with Crippen molar-refractivity contribution in [3.8, 4) is 0 Å². The van der Waals surface area contributed by atoms with E-state index in [1.807, 2.05) is 26.1 Å². The lowest BCUT2D eigenvalue weighted by atomic mass is 10.1. The van der Waals surface area contributed by atoms with Gasteiger partial charge in [0.15, 0.2) is 5.96 Å². The highest BCUT2D eigenvalue weighted by atomic mass is 16.5. The van der Waals surface area contributed by atoms with Crippen LogP contribution in [0.3, 0.4) is 0 Å². The van der Waals surface area contributed by atoms with Crippen molar-refractivity contribution in [3.63, 3.8) is 0 Å². The zero-order chi connectivity index (χ0) is 14.1. The van der Waals surface area contributed by atoms with Gasteiger partial charge in [-0.2, -0.15) is 0 Å². The average Bonchev–Trinajstić information content (AvgIpc) is 2.43. The first kappa shape index (κ1) is 15.4. The molecule has 0 spiro atoms. The van der Waals surface area contributed by atoms with E-state index in [9.17, 15) is 0 Å². The summed E-state index contributed by atoms with van der Waals surface area (Å²) >= 11 is 0. The minimum atomic E-state index is -0.207. The zero-order valence-electron chi connectivity index (χ0n) is 12.2. The molecule has 1 aromatic heterocycles. The number of nitrogens with one attached hydrogen (secondary N) is 2. The standard InChI is InChI=1S/C14H24N4O/c1-14(2,19-4)11-18-13(15-3)17-9-7-12-6-5-8-16-10-12/h5-6,8,10H,7,9,11H2,1-4H3,(H2,15,17,18). The van der Waals surface area contributed by atoms with Crippen LogP contribution in [0.2, 0.25) is 0 Å². The maximum Gasteiger partial charge on any atom is 0.191 e. The van der Waals surface area contributed by atoms with Gasteiger partial charge in [-0.25, -0.2) is 0 Å². The van der Waals surface area contributed by atoms with E-state index in [4.69, 9.17) is 4.74 Å². The van der Waals surface area contributed by atoms with E-state index < -0.39 is 0 Å². The van der Waals surface area contributed by atoms with Gasteiger partial charge in [-0.05, 0) is 31.9 Å². The van der Waals surface area contributed by atoms with Crippen LogP contribution in [0, 0.1) is 0 Å². The van der Waals surface area contributed by atoms with Gasteiger partial charge in [0, 0.05) is 39.6 Å². The molecule has 0 fully saturated rings. The summed E-state index contributed by atoms with van der Waals surface area (Å²) in [6, 6.07) is 4.02. The number of hydrogen-bond donors (Lipinski definition) is 2. The third kappa shape index (κ3) is 6.20. The second-order valence-electron chi connectivity index (χ2n) is 4.93. The molecule has 1 heterocycles. The van der Waals surface area contributed by atoms with Gasteiger partial charge in [-0.1, -0.05) is 6.07 Å². The Labute approximate surface area is 115 Å². The highest BCUT2D eigenvalue weighted by Gasteiger charge is 2.16. The van der Waals surface area contributed by atoms with Crippen LogP contribution in [0.4, 0.5) is 0 Å². The predicted octanol–water partition coefficient (Wildman–Crippen LogP) is 1.21. The van der Waals surface area contributed by atoms with Gasteiger partial charge >= 0.3 is 0 Å². The van der Waals surface area contributed by atoms with E-state index >= 15 is 0 Å². The molecule has 0 aliphatic rings. The number of aliphatic imine (C=N–C) groups is 1. The van der Waals surface area contributed by atoms with E-state index in [2.05, 4.69) is 26.7 Å². The first-order chi connectivity index (χ1) is 9.07. The molecule has 0 amide bonds. The van der Waals surface area contributed by atoms with Crippen molar-refractivity contribution >= 4 is 5.96 Å². The third-order valence-electron chi connectivity index (χ3n) is 2.89. The summed E-state index contributed by atoms with van der Waals surface area (Å²) in [6.07, 6.45) is 4.58. The molecule has 0 saturated carbocycles. The van der Waals surface area contributed by atoms with Crippen molar-refractivity contribution in [2.75, 3.05) is 27.2 Å². The molecule has 0 aromatic carbocycles. The summed E-state index contributed by atoms with van der Waals surface area (Å²) in [5, 5.41) is 6.52. The molecular weight excluding hydrogens is 240 g/mol. The zero-order valence-corrected chi connectivity index (χ0v) is 12.2. The van der Waals surface area contributed by atoms with Crippen LogP contribution in [0.15, 0.2) is 29.5 Å².